The molecule has 0 saturated carbocycles. The minimum atomic E-state index is -0.289. The molecule has 20 heavy (non-hydrogen) atoms. The molecule has 1 aromatic rings. The van der Waals surface area contributed by atoms with Crippen LogP contribution in [0.15, 0.2) is 18.2 Å². The molecule has 1 aliphatic rings. The predicted molar refractivity (Wildman–Crippen MR) is 79.5 cm³/mol. The first-order valence-corrected chi connectivity index (χ1v) is 7.11. The highest BCUT2D eigenvalue weighted by atomic mass is 19.1. The molecule has 0 spiro atoms. The standard InChI is InChI=1S/C15H24FN3O/c1-17(2)5-6-18-7-9-19(10-8-18)15-4-3-14(16)11-13(15)12-20/h3-4,11,20H,5-10,12H2,1-2H3. The SMILES string of the molecule is CN(C)CCN1CCN(c2ccc(F)cc2CO)CC1. The number of aliphatic hydroxyl groups excluding tert-OH is 1. The zero-order chi connectivity index (χ0) is 14.5. The van der Waals surface area contributed by atoms with Gasteiger partial charge in [-0.05, 0) is 32.3 Å². The van der Waals surface area contributed by atoms with E-state index >= 15 is 0 Å². The van der Waals surface area contributed by atoms with Crippen LogP contribution in [-0.2, 0) is 6.61 Å². The highest BCUT2D eigenvalue weighted by molar-refractivity contribution is 5.54. The molecule has 0 amide bonds. The Bertz CT molecular complexity index is 431. The van der Waals surface area contributed by atoms with Gasteiger partial charge in [0, 0.05) is 50.5 Å². The van der Waals surface area contributed by atoms with Gasteiger partial charge in [-0.1, -0.05) is 0 Å². The molecule has 0 aliphatic carbocycles. The third kappa shape index (κ3) is 3.91. The summed E-state index contributed by atoms with van der Waals surface area (Å²) < 4.78 is 13.2. The lowest BCUT2D eigenvalue weighted by molar-refractivity contribution is 0.229. The molecule has 1 aliphatic heterocycles. The van der Waals surface area contributed by atoms with E-state index < -0.39 is 0 Å². The molecular formula is C15H24FN3O. The Morgan fingerprint density at radius 3 is 2.50 bits per heavy atom. The first kappa shape index (κ1) is 15.2. The average molecular weight is 281 g/mol. The molecule has 1 heterocycles. The number of hydrogen-bond donors (Lipinski definition) is 1. The van der Waals surface area contributed by atoms with E-state index in [1.165, 1.54) is 12.1 Å². The number of benzene rings is 1. The molecule has 0 radical (unpaired) electrons. The van der Waals surface area contributed by atoms with Crippen molar-refractivity contribution in [2.24, 2.45) is 0 Å². The number of hydrogen-bond acceptors (Lipinski definition) is 4. The Kier molecular flexibility index (Phi) is 5.34. The number of aliphatic hydroxyl groups is 1. The van der Waals surface area contributed by atoms with Crippen LogP contribution >= 0.6 is 0 Å². The molecule has 0 bridgehead atoms. The molecule has 0 aromatic heterocycles. The molecule has 0 atom stereocenters. The van der Waals surface area contributed by atoms with Crippen molar-refractivity contribution in [3.05, 3.63) is 29.6 Å². The van der Waals surface area contributed by atoms with Crippen molar-refractivity contribution in [3.8, 4) is 0 Å². The van der Waals surface area contributed by atoms with Gasteiger partial charge >= 0.3 is 0 Å². The van der Waals surface area contributed by atoms with E-state index in [0.717, 1.165) is 45.0 Å². The first-order valence-electron chi connectivity index (χ1n) is 7.11. The van der Waals surface area contributed by atoms with Crippen LogP contribution < -0.4 is 4.90 Å². The van der Waals surface area contributed by atoms with E-state index in [1.807, 2.05) is 0 Å². The molecular weight excluding hydrogens is 257 g/mol. The van der Waals surface area contributed by atoms with E-state index in [-0.39, 0.29) is 12.4 Å². The first-order chi connectivity index (χ1) is 9.60. The summed E-state index contributed by atoms with van der Waals surface area (Å²) in [6.45, 7) is 5.90. The normalized spacial score (nSPS) is 16.9. The van der Waals surface area contributed by atoms with Gasteiger partial charge in [-0.25, -0.2) is 4.39 Å². The third-order valence-electron chi connectivity index (χ3n) is 3.79. The molecule has 1 fully saturated rings. The fraction of sp³-hybridized carbons (Fsp3) is 0.600. The average Bonchev–Trinajstić information content (AvgIpc) is 2.45. The topological polar surface area (TPSA) is 30.0 Å². The summed E-state index contributed by atoms with van der Waals surface area (Å²) in [6.07, 6.45) is 0. The monoisotopic (exact) mass is 281 g/mol. The lowest BCUT2D eigenvalue weighted by Gasteiger charge is -2.37. The molecule has 0 unspecified atom stereocenters. The van der Waals surface area contributed by atoms with Crippen LogP contribution in [0.4, 0.5) is 10.1 Å². The summed E-state index contributed by atoms with van der Waals surface area (Å²) in [7, 11) is 4.17. The second-order valence-corrected chi connectivity index (χ2v) is 5.56. The van der Waals surface area contributed by atoms with Crippen LogP contribution in [0.2, 0.25) is 0 Å². The maximum Gasteiger partial charge on any atom is 0.123 e. The number of piperazine rings is 1. The van der Waals surface area contributed by atoms with Gasteiger partial charge in [0.25, 0.3) is 0 Å². The van der Waals surface area contributed by atoms with E-state index in [9.17, 15) is 9.50 Å². The third-order valence-corrected chi connectivity index (χ3v) is 3.79. The van der Waals surface area contributed by atoms with Gasteiger partial charge in [0.2, 0.25) is 0 Å². The van der Waals surface area contributed by atoms with Gasteiger partial charge in [0.1, 0.15) is 5.82 Å². The van der Waals surface area contributed by atoms with Gasteiger partial charge in [-0.15, -0.1) is 0 Å². The number of nitrogens with zero attached hydrogens (tertiary/aromatic N) is 3. The summed E-state index contributed by atoms with van der Waals surface area (Å²) in [6, 6.07) is 4.66. The molecule has 1 N–H and O–H groups in total. The smallest absolute Gasteiger partial charge is 0.123 e. The van der Waals surface area contributed by atoms with Crippen LogP contribution in [0.5, 0.6) is 0 Å². The van der Waals surface area contributed by atoms with Gasteiger partial charge < -0.3 is 14.9 Å². The number of anilines is 1. The minimum absolute atomic E-state index is 0.117. The summed E-state index contributed by atoms with van der Waals surface area (Å²) >= 11 is 0. The van der Waals surface area contributed by atoms with Crippen LogP contribution in [0, 0.1) is 5.82 Å². The summed E-state index contributed by atoms with van der Waals surface area (Å²) in [5.74, 6) is -0.289. The van der Waals surface area contributed by atoms with Crippen molar-refractivity contribution in [1.82, 2.24) is 9.80 Å². The van der Waals surface area contributed by atoms with Crippen LogP contribution in [0.25, 0.3) is 0 Å². The van der Waals surface area contributed by atoms with Crippen molar-refractivity contribution in [2.75, 3.05) is 58.3 Å². The Morgan fingerprint density at radius 2 is 1.90 bits per heavy atom. The van der Waals surface area contributed by atoms with Crippen LogP contribution in [0.3, 0.4) is 0 Å². The molecule has 112 valence electrons. The maximum atomic E-state index is 13.2. The number of likely N-dealkylation sites (N-methyl/N-ethyl adjacent to an activating group) is 1. The molecule has 1 saturated heterocycles. The maximum absolute atomic E-state index is 13.2. The Hall–Kier alpha value is -1.17. The van der Waals surface area contributed by atoms with Gasteiger partial charge in [0.05, 0.1) is 6.61 Å². The van der Waals surface area contributed by atoms with Crippen LogP contribution in [0.1, 0.15) is 5.56 Å². The predicted octanol–water partition coefficient (Wildman–Crippen LogP) is 1.00. The van der Waals surface area contributed by atoms with E-state index in [2.05, 4.69) is 28.8 Å². The van der Waals surface area contributed by atoms with Crippen molar-refractivity contribution < 1.29 is 9.50 Å². The number of halogens is 1. The fourth-order valence-corrected chi connectivity index (χ4v) is 2.54. The Morgan fingerprint density at radius 1 is 1.20 bits per heavy atom. The van der Waals surface area contributed by atoms with Gasteiger partial charge in [0.15, 0.2) is 0 Å². The largest absolute Gasteiger partial charge is 0.392 e. The second kappa shape index (κ2) is 7.02. The molecule has 1 aromatic carbocycles. The Labute approximate surface area is 120 Å². The van der Waals surface area contributed by atoms with Crippen molar-refractivity contribution in [2.45, 2.75) is 6.61 Å². The molecule has 4 nitrogen and oxygen atoms in total. The highest BCUT2D eigenvalue weighted by Gasteiger charge is 2.19. The minimum Gasteiger partial charge on any atom is -0.392 e. The zero-order valence-corrected chi connectivity index (χ0v) is 12.3. The van der Waals surface area contributed by atoms with Gasteiger partial charge in [-0.3, -0.25) is 4.90 Å². The summed E-state index contributed by atoms with van der Waals surface area (Å²) in [5, 5.41) is 9.36. The molecule has 2 rings (SSSR count). The lowest BCUT2D eigenvalue weighted by atomic mass is 10.1. The fourth-order valence-electron chi connectivity index (χ4n) is 2.54. The van der Waals surface area contributed by atoms with Crippen molar-refractivity contribution in [3.63, 3.8) is 0 Å². The van der Waals surface area contributed by atoms with E-state index in [0.29, 0.717) is 5.56 Å². The zero-order valence-electron chi connectivity index (χ0n) is 12.3. The second-order valence-electron chi connectivity index (χ2n) is 5.56. The lowest BCUT2D eigenvalue weighted by Crippen LogP contribution is -2.48. The van der Waals surface area contributed by atoms with Crippen molar-refractivity contribution >= 4 is 5.69 Å². The van der Waals surface area contributed by atoms with Crippen LogP contribution in [-0.4, -0.2) is 68.3 Å². The quantitative estimate of drug-likeness (QED) is 0.872. The van der Waals surface area contributed by atoms with Crippen molar-refractivity contribution in [1.29, 1.82) is 0 Å². The number of rotatable bonds is 5. The Balaban J connectivity index is 1.93. The summed E-state index contributed by atoms with van der Waals surface area (Å²) in [4.78, 5) is 6.87. The highest BCUT2D eigenvalue weighted by Crippen LogP contribution is 2.23. The molecule has 5 heteroatoms. The summed E-state index contributed by atoms with van der Waals surface area (Å²) in [5.41, 5.74) is 1.63. The van der Waals surface area contributed by atoms with E-state index in [1.54, 1.807) is 6.07 Å². The van der Waals surface area contributed by atoms with Gasteiger partial charge in [-0.2, -0.15) is 0 Å². The van der Waals surface area contributed by atoms with E-state index in [4.69, 9.17) is 0 Å².